The average Bonchev–Trinajstić information content (AvgIpc) is 2.66. The van der Waals surface area contributed by atoms with Crippen molar-refractivity contribution in [2.24, 2.45) is 0 Å². The lowest BCUT2D eigenvalue weighted by atomic mass is 10.2. The van der Waals surface area contributed by atoms with Crippen molar-refractivity contribution < 1.29 is 14.6 Å². The van der Waals surface area contributed by atoms with Crippen molar-refractivity contribution in [3.8, 4) is 17.6 Å². The van der Waals surface area contributed by atoms with Gasteiger partial charge in [0, 0.05) is 11.9 Å². The summed E-state index contributed by atoms with van der Waals surface area (Å²) in [5.74, 6) is 0.937. The van der Waals surface area contributed by atoms with Crippen molar-refractivity contribution >= 4 is 16.8 Å². The Bertz CT molecular complexity index is 976. The number of aromatic nitrogens is 1. The molecule has 0 aliphatic rings. The first-order valence-electron chi connectivity index (χ1n) is 8.10. The second kappa shape index (κ2) is 7.64. The predicted octanol–water partition coefficient (Wildman–Crippen LogP) is 3.01. The van der Waals surface area contributed by atoms with E-state index in [0.29, 0.717) is 28.3 Å². The van der Waals surface area contributed by atoms with Gasteiger partial charge in [-0.3, -0.25) is 4.79 Å². The van der Waals surface area contributed by atoms with Crippen molar-refractivity contribution in [3.63, 3.8) is 0 Å². The number of benzene rings is 2. The van der Waals surface area contributed by atoms with Gasteiger partial charge in [-0.15, -0.1) is 0 Å². The van der Waals surface area contributed by atoms with Gasteiger partial charge in [0.1, 0.15) is 17.2 Å². The number of nitrogens with one attached hydrogen (secondary N) is 1. The molecule has 130 valence electrons. The van der Waals surface area contributed by atoms with E-state index in [9.17, 15) is 9.90 Å². The van der Waals surface area contributed by atoms with Gasteiger partial charge in [-0.2, -0.15) is 5.26 Å². The van der Waals surface area contributed by atoms with Crippen LogP contribution in [0, 0.1) is 11.3 Å². The topological polar surface area (TPSA) is 95.2 Å². The van der Waals surface area contributed by atoms with Crippen molar-refractivity contribution in [1.29, 1.82) is 5.26 Å². The minimum atomic E-state index is -0.610. The minimum absolute atomic E-state index is 0.177. The highest BCUT2D eigenvalue weighted by atomic mass is 16.5. The maximum Gasteiger partial charge on any atom is 0.269 e. The molecule has 2 N–H and O–H groups in total. The zero-order chi connectivity index (χ0) is 18.5. The highest BCUT2D eigenvalue weighted by Crippen LogP contribution is 2.25. The van der Waals surface area contributed by atoms with Crippen LogP contribution in [0.25, 0.3) is 10.9 Å². The molecule has 6 nitrogen and oxygen atoms in total. The van der Waals surface area contributed by atoms with Crippen LogP contribution in [0.3, 0.4) is 0 Å². The van der Waals surface area contributed by atoms with E-state index in [1.807, 2.05) is 6.07 Å². The van der Waals surface area contributed by atoms with Crippen LogP contribution < -0.4 is 10.1 Å². The van der Waals surface area contributed by atoms with Crippen LogP contribution in [-0.4, -0.2) is 28.6 Å². The zero-order valence-electron chi connectivity index (χ0n) is 14.1. The van der Waals surface area contributed by atoms with Gasteiger partial charge in [-0.05, 0) is 55.5 Å². The first-order valence-corrected chi connectivity index (χ1v) is 8.10. The van der Waals surface area contributed by atoms with Gasteiger partial charge < -0.3 is 15.2 Å². The summed E-state index contributed by atoms with van der Waals surface area (Å²) in [5, 5.41) is 21.5. The molecule has 0 unspecified atom stereocenters. The number of hydrogen-bond donors (Lipinski definition) is 2. The molecule has 1 heterocycles. The van der Waals surface area contributed by atoms with Crippen LogP contribution in [0.4, 0.5) is 0 Å². The van der Waals surface area contributed by atoms with Crippen molar-refractivity contribution in [1.82, 2.24) is 10.3 Å². The van der Waals surface area contributed by atoms with Crippen LogP contribution in [0.15, 0.2) is 54.6 Å². The fourth-order valence-corrected chi connectivity index (χ4v) is 2.36. The molecule has 0 radical (unpaired) electrons. The third kappa shape index (κ3) is 4.15. The zero-order valence-corrected chi connectivity index (χ0v) is 14.1. The van der Waals surface area contributed by atoms with Crippen LogP contribution in [0.2, 0.25) is 0 Å². The third-order valence-corrected chi connectivity index (χ3v) is 3.67. The van der Waals surface area contributed by atoms with Crippen LogP contribution in [-0.2, 0) is 0 Å². The first-order chi connectivity index (χ1) is 12.5. The second-order valence-corrected chi connectivity index (χ2v) is 5.85. The standard InChI is InChI=1S/C20H17N3O3/c1-13(24)12-22-20(25)19-8-4-15-10-17(7-9-18(15)23-19)26-16-5-2-14(11-21)3-6-16/h2-10,13,24H,12H2,1H3,(H,22,25)/t13-/m1/s1. The molecule has 1 amide bonds. The number of hydrogen-bond acceptors (Lipinski definition) is 5. The summed E-state index contributed by atoms with van der Waals surface area (Å²) < 4.78 is 5.78. The fourth-order valence-electron chi connectivity index (χ4n) is 2.36. The number of ether oxygens (including phenoxy) is 1. The highest BCUT2D eigenvalue weighted by molar-refractivity contribution is 5.95. The highest BCUT2D eigenvalue weighted by Gasteiger charge is 2.09. The van der Waals surface area contributed by atoms with Gasteiger partial charge in [0.25, 0.3) is 5.91 Å². The summed E-state index contributed by atoms with van der Waals surface area (Å²) in [4.78, 5) is 16.4. The summed E-state index contributed by atoms with van der Waals surface area (Å²) in [6.07, 6.45) is -0.610. The monoisotopic (exact) mass is 347 g/mol. The van der Waals surface area contributed by atoms with Crippen LogP contribution in [0.5, 0.6) is 11.5 Å². The Morgan fingerprint density at radius 2 is 1.92 bits per heavy atom. The van der Waals surface area contributed by atoms with Crippen molar-refractivity contribution in [2.45, 2.75) is 13.0 Å². The molecule has 0 aliphatic carbocycles. The lowest BCUT2D eigenvalue weighted by Gasteiger charge is -2.09. The number of carbonyl (C=O) groups is 1. The number of aliphatic hydroxyl groups is 1. The Morgan fingerprint density at radius 1 is 1.19 bits per heavy atom. The Labute approximate surface area is 150 Å². The number of pyridine rings is 1. The molecule has 0 spiro atoms. The van der Waals surface area contributed by atoms with Gasteiger partial charge in [-0.25, -0.2) is 4.98 Å². The molecule has 3 aromatic rings. The number of carbonyl (C=O) groups excluding carboxylic acids is 1. The molecule has 0 saturated heterocycles. The number of fused-ring (bicyclic) bond motifs is 1. The summed E-state index contributed by atoms with van der Waals surface area (Å²) in [7, 11) is 0. The van der Waals surface area contributed by atoms with E-state index in [1.54, 1.807) is 55.5 Å². The van der Waals surface area contributed by atoms with Gasteiger partial charge in [-0.1, -0.05) is 6.07 Å². The lowest BCUT2D eigenvalue weighted by Crippen LogP contribution is -2.31. The predicted molar refractivity (Wildman–Crippen MR) is 97.0 cm³/mol. The number of aliphatic hydroxyl groups excluding tert-OH is 1. The first kappa shape index (κ1) is 17.4. The summed E-state index contributed by atoms with van der Waals surface area (Å²) in [6.45, 7) is 1.78. The second-order valence-electron chi connectivity index (χ2n) is 5.85. The SMILES string of the molecule is C[C@@H](O)CNC(=O)c1ccc2cc(Oc3ccc(C#N)cc3)ccc2n1. The number of rotatable bonds is 5. The molecule has 26 heavy (non-hydrogen) atoms. The fraction of sp³-hybridized carbons (Fsp3) is 0.150. The van der Waals surface area contributed by atoms with Crippen LogP contribution in [0.1, 0.15) is 23.0 Å². The number of amides is 1. The average molecular weight is 347 g/mol. The van der Waals surface area contributed by atoms with Gasteiger partial charge in [0.05, 0.1) is 23.3 Å². The van der Waals surface area contributed by atoms with Gasteiger partial charge in [0.2, 0.25) is 0 Å². The van der Waals surface area contributed by atoms with E-state index in [1.165, 1.54) is 0 Å². The molecule has 1 aromatic heterocycles. The Morgan fingerprint density at radius 3 is 2.62 bits per heavy atom. The number of nitrogens with zero attached hydrogens (tertiary/aromatic N) is 2. The Hall–Kier alpha value is -3.43. The number of nitriles is 1. The summed E-state index contributed by atoms with van der Waals surface area (Å²) in [5.41, 5.74) is 1.53. The molecule has 6 heteroatoms. The van der Waals surface area contributed by atoms with Crippen molar-refractivity contribution in [3.05, 3.63) is 65.9 Å². The smallest absolute Gasteiger partial charge is 0.269 e. The molecule has 2 aromatic carbocycles. The largest absolute Gasteiger partial charge is 0.457 e. The lowest BCUT2D eigenvalue weighted by molar-refractivity contribution is 0.0919. The quantitative estimate of drug-likeness (QED) is 0.740. The van der Waals surface area contributed by atoms with E-state index >= 15 is 0 Å². The van der Waals surface area contributed by atoms with E-state index in [2.05, 4.69) is 16.4 Å². The molecule has 1 atom stereocenters. The molecule has 0 saturated carbocycles. The van der Waals surface area contributed by atoms with Gasteiger partial charge >= 0.3 is 0 Å². The maximum atomic E-state index is 12.0. The summed E-state index contributed by atoms with van der Waals surface area (Å²) >= 11 is 0. The Balaban J connectivity index is 1.77. The van der Waals surface area contributed by atoms with E-state index < -0.39 is 6.10 Å². The molecular weight excluding hydrogens is 330 g/mol. The summed E-state index contributed by atoms with van der Waals surface area (Å²) in [6, 6.07) is 17.7. The molecule has 0 aliphatic heterocycles. The van der Waals surface area contributed by atoms with Gasteiger partial charge in [0.15, 0.2) is 0 Å². The Kier molecular flexibility index (Phi) is 5.11. The molecule has 0 bridgehead atoms. The van der Waals surface area contributed by atoms with E-state index in [4.69, 9.17) is 10.00 Å². The molecule has 3 rings (SSSR count). The van der Waals surface area contributed by atoms with Crippen LogP contribution >= 0.6 is 0 Å². The minimum Gasteiger partial charge on any atom is -0.457 e. The maximum absolute atomic E-state index is 12.0. The van der Waals surface area contributed by atoms with E-state index in [0.717, 1.165) is 5.39 Å². The van der Waals surface area contributed by atoms with E-state index in [-0.39, 0.29) is 12.5 Å². The van der Waals surface area contributed by atoms with Crippen molar-refractivity contribution in [2.75, 3.05) is 6.54 Å². The normalized spacial score (nSPS) is 11.6. The third-order valence-electron chi connectivity index (χ3n) is 3.67. The molecule has 0 fully saturated rings. The molecular formula is C20H17N3O3.